The van der Waals surface area contributed by atoms with Crippen molar-refractivity contribution in [1.82, 2.24) is 29.7 Å². The van der Waals surface area contributed by atoms with Crippen molar-refractivity contribution in [2.45, 2.75) is 44.3 Å². The van der Waals surface area contributed by atoms with Crippen LogP contribution in [0.4, 0.5) is 23.5 Å². The molecule has 3 fully saturated rings. The molecule has 5 rings (SSSR count). The number of piperazine rings is 1. The number of rotatable bonds is 22. The largest absolute Gasteiger partial charge is 0.383 e. The Kier molecular flexibility index (Phi) is 17.2. The summed E-state index contributed by atoms with van der Waals surface area (Å²) in [4.78, 5) is 35.1. The molecule has 0 amide bonds. The topological polar surface area (TPSA) is 126 Å². The van der Waals surface area contributed by atoms with E-state index in [1.807, 2.05) is 0 Å². The number of anilines is 4. The number of ether oxygens (including phenoxy) is 6. The van der Waals surface area contributed by atoms with E-state index in [-0.39, 0.29) is 12.2 Å². The first-order valence-electron chi connectivity index (χ1n) is 19.6. The smallest absolute Gasteiger partial charge is 0.228 e. The molecule has 0 unspecified atom stereocenters. The van der Waals surface area contributed by atoms with Crippen molar-refractivity contribution < 1.29 is 28.4 Å². The van der Waals surface area contributed by atoms with Crippen molar-refractivity contribution in [3.8, 4) is 0 Å². The van der Waals surface area contributed by atoms with Crippen LogP contribution >= 0.6 is 0 Å². The quantitative estimate of drug-likeness (QED) is 0.163. The maximum Gasteiger partial charge on any atom is 0.228 e. The zero-order valence-corrected chi connectivity index (χ0v) is 33.3. The number of aromatic nitrogens is 4. The molecule has 0 aliphatic carbocycles. The maximum atomic E-state index is 6.21. The Labute approximate surface area is 317 Å². The number of nitrogens with zero attached hydrogens (tertiary/aromatic N) is 10. The third kappa shape index (κ3) is 11.9. The minimum atomic E-state index is 0.229. The number of methoxy groups -OCH3 is 5. The highest BCUT2D eigenvalue weighted by molar-refractivity contribution is 5.95. The fraction of sp³-hybridized carbons (Fsp3) is 0.838. The van der Waals surface area contributed by atoms with Crippen LogP contribution in [0, 0.1) is 0 Å². The molecule has 300 valence electrons. The zero-order chi connectivity index (χ0) is 37.4. The molecule has 3 aliphatic heterocycles. The second-order valence-corrected chi connectivity index (χ2v) is 14.3. The van der Waals surface area contributed by atoms with Crippen molar-refractivity contribution >= 4 is 34.6 Å². The van der Waals surface area contributed by atoms with Gasteiger partial charge in [-0.1, -0.05) is 0 Å². The first kappa shape index (κ1) is 41.5. The van der Waals surface area contributed by atoms with Gasteiger partial charge < -0.3 is 57.8 Å². The molecule has 0 aromatic carbocycles. The summed E-state index contributed by atoms with van der Waals surface area (Å²) in [5, 5.41) is 0. The molecular weight excluding hydrogens is 680 g/mol. The van der Waals surface area contributed by atoms with Gasteiger partial charge in [0.15, 0.2) is 11.6 Å². The van der Waals surface area contributed by atoms with Crippen LogP contribution in [0.2, 0.25) is 0 Å². The summed E-state index contributed by atoms with van der Waals surface area (Å²) >= 11 is 0. The molecule has 53 heavy (non-hydrogen) atoms. The molecule has 2 aromatic rings. The number of hydrogen-bond acceptors (Lipinski definition) is 16. The molecular formula is C37H66N10O6. The number of fused-ring (bicyclic) bond motifs is 1. The highest BCUT2D eigenvalue weighted by atomic mass is 16.5. The molecule has 5 heterocycles. The van der Waals surface area contributed by atoms with Crippen LogP contribution in [0.3, 0.4) is 0 Å². The summed E-state index contributed by atoms with van der Waals surface area (Å²) in [6, 6.07) is 0. The summed E-state index contributed by atoms with van der Waals surface area (Å²) in [6.45, 7) is 14.3. The molecule has 0 saturated carbocycles. The van der Waals surface area contributed by atoms with Crippen molar-refractivity contribution in [3.63, 3.8) is 0 Å². The Hall–Kier alpha value is -2.70. The van der Waals surface area contributed by atoms with E-state index in [0.717, 1.165) is 120 Å². The van der Waals surface area contributed by atoms with Gasteiger partial charge in [0.25, 0.3) is 0 Å². The molecule has 3 saturated heterocycles. The normalized spacial score (nSPS) is 18.4. The second kappa shape index (κ2) is 22.0. The van der Waals surface area contributed by atoms with Gasteiger partial charge in [0, 0.05) is 127 Å². The van der Waals surface area contributed by atoms with Crippen LogP contribution in [0.1, 0.15) is 32.1 Å². The predicted octanol–water partition coefficient (Wildman–Crippen LogP) is 1.86. The fourth-order valence-electron chi connectivity index (χ4n) is 7.26. The van der Waals surface area contributed by atoms with Crippen LogP contribution < -0.4 is 19.6 Å². The Balaban J connectivity index is 1.48. The van der Waals surface area contributed by atoms with Crippen molar-refractivity contribution in [2.24, 2.45) is 0 Å². The molecule has 0 radical (unpaired) electrons. The molecule has 0 bridgehead atoms. The first-order valence-corrected chi connectivity index (χ1v) is 19.6. The molecule has 0 N–H and O–H groups in total. The summed E-state index contributed by atoms with van der Waals surface area (Å²) in [6.07, 6.45) is 5.13. The molecule has 16 heteroatoms. The van der Waals surface area contributed by atoms with E-state index in [1.54, 1.807) is 35.5 Å². The van der Waals surface area contributed by atoms with Gasteiger partial charge in [-0.05, 0) is 39.2 Å². The fourth-order valence-corrected chi connectivity index (χ4v) is 7.26. The van der Waals surface area contributed by atoms with Crippen LogP contribution in [-0.4, -0.2) is 203 Å². The van der Waals surface area contributed by atoms with E-state index in [9.17, 15) is 0 Å². The Bertz CT molecular complexity index is 1330. The average molecular weight is 747 g/mol. The van der Waals surface area contributed by atoms with E-state index in [2.05, 4.69) is 36.4 Å². The van der Waals surface area contributed by atoms with Crippen LogP contribution in [0.15, 0.2) is 0 Å². The molecule has 2 aromatic heterocycles. The highest BCUT2D eigenvalue weighted by Crippen LogP contribution is 2.35. The Morgan fingerprint density at radius 1 is 0.547 bits per heavy atom. The average Bonchev–Trinajstić information content (AvgIpc) is 3.20. The second-order valence-electron chi connectivity index (χ2n) is 14.3. The van der Waals surface area contributed by atoms with Gasteiger partial charge in [0.1, 0.15) is 11.0 Å². The van der Waals surface area contributed by atoms with Crippen LogP contribution in [0.5, 0.6) is 0 Å². The standard InChI is InChI=1S/C37H66N10O6/c1-42-17-19-43(20-18-42)12-7-25-53-29-24-47(23-28-50-4)37-39-33-32(35(41-37)45-15-10-31(52-6)11-16-45)38-36(46(21-26-48-2)22-27-49-3)40-34(33)44-13-8-30(51-5)9-14-44/h30-31H,7-29H2,1-6H3. The number of hydrogen-bond donors (Lipinski definition) is 0. The van der Waals surface area contributed by atoms with Gasteiger partial charge in [-0.3, -0.25) is 0 Å². The molecule has 3 aliphatic rings. The Morgan fingerprint density at radius 2 is 0.981 bits per heavy atom. The highest BCUT2D eigenvalue weighted by Gasteiger charge is 2.30. The van der Waals surface area contributed by atoms with E-state index in [4.69, 9.17) is 48.4 Å². The predicted molar refractivity (Wildman–Crippen MR) is 209 cm³/mol. The third-order valence-corrected chi connectivity index (χ3v) is 10.8. The number of piperidine rings is 2. The van der Waals surface area contributed by atoms with E-state index < -0.39 is 0 Å². The lowest BCUT2D eigenvalue weighted by atomic mass is 10.1. The minimum Gasteiger partial charge on any atom is -0.383 e. The molecule has 0 atom stereocenters. The summed E-state index contributed by atoms with van der Waals surface area (Å²) in [7, 11) is 11.0. The summed E-state index contributed by atoms with van der Waals surface area (Å²) in [5.74, 6) is 2.91. The number of likely N-dealkylation sites (N-methyl/N-ethyl adjacent to an activating group) is 1. The minimum absolute atomic E-state index is 0.229. The van der Waals surface area contributed by atoms with Crippen molar-refractivity contribution in [1.29, 1.82) is 0 Å². The third-order valence-electron chi connectivity index (χ3n) is 10.8. The van der Waals surface area contributed by atoms with Crippen LogP contribution in [-0.2, 0) is 28.4 Å². The molecule has 16 nitrogen and oxygen atoms in total. The zero-order valence-electron chi connectivity index (χ0n) is 33.3. The lowest BCUT2D eigenvalue weighted by Crippen LogP contribution is -2.44. The Morgan fingerprint density at radius 3 is 1.40 bits per heavy atom. The lowest BCUT2D eigenvalue weighted by molar-refractivity contribution is 0.0817. The van der Waals surface area contributed by atoms with Crippen molar-refractivity contribution in [2.75, 3.05) is 180 Å². The first-order chi connectivity index (χ1) is 26.0. The van der Waals surface area contributed by atoms with E-state index in [0.29, 0.717) is 64.5 Å². The maximum absolute atomic E-state index is 6.21. The van der Waals surface area contributed by atoms with Gasteiger partial charge in [-0.15, -0.1) is 0 Å². The van der Waals surface area contributed by atoms with Gasteiger partial charge in [0.05, 0.1) is 38.6 Å². The summed E-state index contributed by atoms with van der Waals surface area (Å²) in [5.41, 5.74) is 1.51. The monoisotopic (exact) mass is 747 g/mol. The van der Waals surface area contributed by atoms with Crippen molar-refractivity contribution in [3.05, 3.63) is 0 Å². The van der Waals surface area contributed by atoms with E-state index in [1.165, 1.54) is 0 Å². The lowest BCUT2D eigenvalue weighted by Gasteiger charge is -2.35. The van der Waals surface area contributed by atoms with Gasteiger partial charge >= 0.3 is 0 Å². The molecule has 0 spiro atoms. The van der Waals surface area contributed by atoms with Crippen LogP contribution in [0.25, 0.3) is 11.0 Å². The van der Waals surface area contributed by atoms with Gasteiger partial charge in [0.2, 0.25) is 11.9 Å². The van der Waals surface area contributed by atoms with Gasteiger partial charge in [-0.2, -0.15) is 9.97 Å². The SMILES string of the molecule is COCCN(CCOC)c1nc(N2CCC(OC)CC2)c2nc(N(CCOC)CCOCCCN3CCN(C)CC3)nc(N3CCC(OC)CC3)c2n1. The summed E-state index contributed by atoms with van der Waals surface area (Å²) < 4.78 is 34.3. The van der Waals surface area contributed by atoms with E-state index >= 15 is 0 Å². The van der Waals surface area contributed by atoms with Gasteiger partial charge in [-0.25, -0.2) is 9.97 Å².